The first-order valence-electron chi connectivity index (χ1n) is 9.10. The number of amides is 1. The van der Waals surface area contributed by atoms with E-state index < -0.39 is 41.9 Å². The van der Waals surface area contributed by atoms with Gasteiger partial charge < -0.3 is 14.9 Å². The summed E-state index contributed by atoms with van der Waals surface area (Å²) in [5.41, 5.74) is -0.358. The maximum atomic E-state index is 15.0. The van der Waals surface area contributed by atoms with Crippen LogP contribution in [0, 0.1) is 17.1 Å². The number of hydrogen-bond donors (Lipinski definition) is 1. The monoisotopic (exact) mass is 515 g/mol. The van der Waals surface area contributed by atoms with Gasteiger partial charge >= 0.3 is 12.1 Å². The van der Waals surface area contributed by atoms with Crippen LogP contribution in [0.15, 0.2) is 48.7 Å². The van der Waals surface area contributed by atoms with E-state index in [0.29, 0.717) is 4.73 Å². The molecule has 1 amide bonds. The lowest BCUT2D eigenvalue weighted by molar-refractivity contribution is -0.200. The second-order valence-corrected chi connectivity index (χ2v) is 7.36. The van der Waals surface area contributed by atoms with E-state index in [-0.39, 0.29) is 26.9 Å². The first-order valence-corrected chi connectivity index (χ1v) is 9.85. The maximum absolute atomic E-state index is 15.0. The Labute approximate surface area is 199 Å². The molecule has 0 fully saturated rings. The fourth-order valence-electron chi connectivity index (χ4n) is 2.64. The lowest BCUT2D eigenvalue weighted by Crippen LogP contribution is -2.35. The van der Waals surface area contributed by atoms with Gasteiger partial charge in [-0.3, -0.25) is 4.79 Å². The van der Waals surface area contributed by atoms with Crippen LogP contribution in [0.3, 0.4) is 0 Å². The molecule has 0 saturated carbocycles. The van der Waals surface area contributed by atoms with Crippen LogP contribution in [0.25, 0.3) is 0 Å². The average molecular weight is 516 g/mol. The van der Waals surface area contributed by atoms with Gasteiger partial charge in [-0.05, 0) is 36.4 Å². The summed E-state index contributed by atoms with van der Waals surface area (Å²) in [6.07, 6.45) is -4.34. The van der Waals surface area contributed by atoms with Gasteiger partial charge in [0.15, 0.2) is 11.6 Å². The number of ether oxygens (including phenoxy) is 1. The van der Waals surface area contributed by atoms with E-state index in [1.54, 1.807) is 0 Å². The number of nitrogens with one attached hydrogen (secondary N) is 1. The molecule has 3 rings (SSSR count). The van der Waals surface area contributed by atoms with E-state index in [4.69, 9.17) is 33.2 Å². The van der Waals surface area contributed by atoms with Crippen LogP contribution >= 0.6 is 23.2 Å². The molecule has 0 aliphatic heterocycles. The van der Waals surface area contributed by atoms with Crippen molar-refractivity contribution in [2.45, 2.75) is 12.7 Å². The van der Waals surface area contributed by atoms with Crippen molar-refractivity contribution in [1.82, 2.24) is 10.0 Å². The highest BCUT2D eigenvalue weighted by Crippen LogP contribution is 2.35. The van der Waals surface area contributed by atoms with Crippen molar-refractivity contribution in [2.24, 2.45) is 0 Å². The van der Waals surface area contributed by atoms with Gasteiger partial charge in [-0.1, -0.05) is 29.3 Å². The minimum atomic E-state index is -5.27. The van der Waals surface area contributed by atoms with Crippen LogP contribution in [-0.4, -0.2) is 22.8 Å². The fraction of sp³-hybridized carbons (Fsp3) is 0.0952. The van der Waals surface area contributed by atoms with E-state index in [1.165, 1.54) is 36.4 Å². The van der Waals surface area contributed by atoms with Crippen LogP contribution in [0.2, 0.25) is 10.0 Å². The van der Waals surface area contributed by atoms with Gasteiger partial charge in [0, 0.05) is 23.3 Å². The lowest BCUT2D eigenvalue weighted by atomic mass is 10.2. The van der Waals surface area contributed by atoms with Gasteiger partial charge in [0.2, 0.25) is 0 Å². The van der Waals surface area contributed by atoms with Crippen LogP contribution in [0.5, 0.6) is 11.5 Å². The Kier molecular flexibility index (Phi) is 7.34. The Morgan fingerprint density at radius 1 is 1.15 bits per heavy atom. The number of carbonyl (C=O) groups is 2. The summed E-state index contributed by atoms with van der Waals surface area (Å²) >= 11 is 11.9. The molecule has 1 aromatic heterocycles. The van der Waals surface area contributed by atoms with Crippen molar-refractivity contribution in [2.75, 3.05) is 0 Å². The maximum Gasteiger partial charge on any atom is 0.493 e. The topological polar surface area (TPSA) is 93.3 Å². The Morgan fingerprint density at radius 3 is 2.56 bits per heavy atom. The molecule has 0 radical (unpaired) electrons. The van der Waals surface area contributed by atoms with Crippen molar-refractivity contribution in [3.63, 3.8) is 0 Å². The predicted molar refractivity (Wildman–Crippen MR) is 111 cm³/mol. The van der Waals surface area contributed by atoms with Gasteiger partial charge in [0.1, 0.15) is 11.4 Å². The number of halogens is 6. The second-order valence-electron chi connectivity index (χ2n) is 6.52. The molecule has 0 atom stereocenters. The van der Waals surface area contributed by atoms with Crippen molar-refractivity contribution < 1.29 is 36.7 Å². The zero-order valence-corrected chi connectivity index (χ0v) is 18.1. The van der Waals surface area contributed by atoms with Gasteiger partial charge in [-0.15, -0.1) is 0 Å². The Morgan fingerprint density at radius 2 is 1.88 bits per heavy atom. The van der Waals surface area contributed by atoms with Crippen molar-refractivity contribution in [1.29, 1.82) is 5.26 Å². The molecule has 3 aromatic rings. The second kappa shape index (κ2) is 10.0. The molecule has 13 heteroatoms. The molecule has 2 aromatic carbocycles. The highest BCUT2D eigenvalue weighted by Gasteiger charge is 2.42. The standard InChI is InChI=1S/C21H11Cl2F4N3O4/c22-13-6-11(9-28)7-14(8-13)33-18-15(23)4-3-12(17(18)24)10-29-19(31)16-2-1-5-30(16)34-20(32)21(25,26)27/h1-8H,10H2,(H,29,31). The molecule has 0 saturated heterocycles. The first kappa shape index (κ1) is 24.9. The van der Waals surface area contributed by atoms with Gasteiger partial charge in [0.25, 0.3) is 5.91 Å². The van der Waals surface area contributed by atoms with E-state index in [2.05, 4.69) is 10.2 Å². The SMILES string of the molecule is N#Cc1cc(Cl)cc(Oc2c(Cl)ccc(CNC(=O)c3cccn3OC(=O)C(F)(F)F)c2F)c1. The highest BCUT2D eigenvalue weighted by atomic mass is 35.5. The predicted octanol–water partition coefficient (Wildman–Crippen LogP) is 5.05. The van der Waals surface area contributed by atoms with Gasteiger partial charge in [0.05, 0.1) is 16.7 Å². The Hall–Kier alpha value is -3.75. The number of nitrogens with zero attached hydrogens (tertiary/aromatic N) is 2. The minimum absolute atomic E-state index is 0.0374. The van der Waals surface area contributed by atoms with Crippen molar-refractivity contribution in [3.8, 4) is 17.6 Å². The quantitative estimate of drug-likeness (QED) is 0.464. The molecular formula is C21H11Cl2F4N3O4. The normalized spacial score (nSPS) is 11.0. The number of benzene rings is 2. The zero-order chi connectivity index (χ0) is 25.0. The Balaban J connectivity index is 1.76. The van der Waals surface area contributed by atoms with Crippen LogP contribution in [0.4, 0.5) is 17.6 Å². The smallest absolute Gasteiger partial charge is 0.453 e. The van der Waals surface area contributed by atoms with E-state index in [9.17, 15) is 22.8 Å². The molecule has 0 bridgehead atoms. The summed E-state index contributed by atoms with van der Waals surface area (Å²) in [5, 5.41) is 11.4. The third-order valence-corrected chi connectivity index (χ3v) is 4.66. The summed E-state index contributed by atoms with van der Waals surface area (Å²) in [6.45, 7) is -0.421. The molecule has 0 aliphatic carbocycles. The molecule has 1 heterocycles. The number of alkyl halides is 3. The summed E-state index contributed by atoms with van der Waals surface area (Å²) < 4.78 is 58.0. The van der Waals surface area contributed by atoms with Crippen LogP contribution < -0.4 is 14.9 Å². The minimum Gasteiger partial charge on any atom is -0.453 e. The molecule has 176 valence electrons. The third-order valence-electron chi connectivity index (χ3n) is 4.15. The first-order chi connectivity index (χ1) is 16.0. The molecule has 0 spiro atoms. The highest BCUT2D eigenvalue weighted by molar-refractivity contribution is 6.32. The van der Waals surface area contributed by atoms with E-state index in [0.717, 1.165) is 12.3 Å². The molecule has 1 N–H and O–H groups in total. The van der Waals surface area contributed by atoms with Gasteiger partial charge in [-0.25, -0.2) is 9.18 Å². The van der Waals surface area contributed by atoms with E-state index in [1.807, 2.05) is 6.07 Å². The molecule has 34 heavy (non-hydrogen) atoms. The summed E-state index contributed by atoms with van der Waals surface area (Å²) in [6, 6.07) is 10.7. The number of aromatic nitrogens is 1. The lowest BCUT2D eigenvalue weighted by Gasteiger charge is -2.14. The number of carbonyl (C=O) groups excluding carboxylic acids is 2. The van der Waals surface area contributed by atoms with E-state index >= 15 is 4.39 Å². The summed E-state index contributed by atoms with van der Waals surface area (Å²) in [4.78, 5) is 27.5. The largest absolute Gasteiger partial charge is 0.493 e. The Bertz CT molecular complexity index is 1300. The van der Waals surface area contributed by atoms with Gasteiger partial charge in [-0.2, -0.15) is 23.2 Å². The van der Waals surface area contributed by atoms with Crippen LogP contribution in [0.1, 0.15) is 21.6 Å². The summed E-state index contributed by atoms with van der Waals surface area (Å²) in [7, 11) is 0. The average Bonchev–Trinajstić information content (AvgIpc) is 3.23. The molecular weight excluding hydrogens is 505 g/mol. The number of rotatable bonds is 6. The molecule has 0 aliphatic rings. The third kappa shape index (κ3) is 5.78. The van der Waals surface area contributed by atoms with Crippen molar-refractivity contribution in [3.05, 3.63) is 81.3 Å². The fourth-order valence-corrected chi connectivity index (χ4v) is 3.05. The summed E-state index contributed by atoms with van der Waals surface area (Å²) in [5.74, 6) is -4.78. The number of nitriles is 1. The molecule has 0 unspecified atom stereocenters. The molecule has 7 nitrogen and oxygen atoms in total. The number of hydrogen-bond acceptors (Lipinski definition) is 5. The zero-order valence-electron chi connectivity index (χ0n) is 16.6. The van der Waals surface area contributed by atoms with Crippen molar-refractivity contribution >= 4 is 35.1 Å². The van der Waals surface area contributed by atoms with Crippen LogP contribution in [-0.2, 0) is 11.3 Å².